The second-order valence-electron chi connectivity index (χ2n) is 3.13. The van der Waals surface area contributed by atoms with Gasteiger partial charge in [-0.1, -0.05) is 0 Å². The van der Waals surface area contributed by atoms with E-state index in [4.69, 9.17) is 4.42 Å². The van der Waals surface area contributed by atoms with E-state index in [0.717, 1.165) is 22.5 Å². The van der Waals surface area contributed by atoms with Gasteiger partial charge in [-0.05, 0) is 37.1 Å². The SMILES string of the molecule is Cc1cncc(C)c1-c1ccco1. The van der Waals surface area contributed by atoms with Gasteiger partial charge < -0.3 is 4.42 Å². The lowest BCUT2D eigenvalue weighted by Gasteiger charge is -2.04. The number of hydrogen-bond donors (Lipinski definition) is 0. The van der Waals surface area contributed by atoms with E-state index in [2.05, 4.69) is 4.98 Å². The first-order chi connectivity index (χ1) is 6.29. The molecule has 0 fully saturated rings. The molecule has 0 spiro atoms. The van der Waals surface area contributed by atoms with Gasteiger partial charge >= 0.3 is 0 Å². The molecule has 0 aliphatic carbocycles. The molecular formula is C11H11NO. The smallest absolute Gasteiger partial charge is 0.134 e. The minimum atomic E-state index is 0.914. The fourth-order valence-electron chi connectivity index (χ4n) is 1.51. The molecular weight excluding hydrogens is 162 g/mol. The van der Waals surface area contributed by atoms with E-state index < -0.39 is 0 Å². The highest BCUT2D eigenvalue weighted by atomic mass is 16.3. The van der Waals surface area contributed by atoms with Crippen LogP contribution in [0, 0.1) is 13.8 Å². The van der Waals surface area contributed by atoms with Crippen molar-refractivity contribution in [1.29, 1.82) is 0 Å². The highest BCUT2D eigenvalue weighted by Crippen LogP contribution is 2.25. The number of aryl methyl sites for hydroxylation is 2. The molecule has 2 aromatic rings. The Labute approximate surface area is 77.2 Å². The number of pyridine rings is 1. The maximum absolute atomic E-state index is 5.35. The molecule has 0 saturated heterocycles. The van der Waals surface area contributed by atoms with Crippen LogP contribution in [0.4, 0.5) is 0 Å². The summed E-state index contributed by atoms with van der Waals surface area (Å²) in [5.41, 5.74) is 3.45. The summed E-state index contributed by atoms with van der Waals surface area (Å²) in [5, 5.41) is 0. The van der Waals surface area contributed by atoms with Crippen LogP contribution in [0.1, 0.15) is 11.1 Å². The Morgan fingerprint density at radius 1 is 1.15 bits per heavy atom. The number of rotatable bonds is 1. The van der Waals surface area contributed by atoms with E-state index in [0.29, 0.717) is 0 Å². The van der Waals surface area contributed by atoms with Crippen molar-refractivity contribution in [3.63, 3.8) is 0 Å². The molecule has 0 amide bonds. The molecule has 66 valence electrons. The molecule has 0 saturated carbocycles. The molecule has 0 aliphatic rings. The molecule has 0 unspecified atom stereocenters. The zero-order valence-corrected chi connectivity index (χ0v) is 7.74. The summed E-state index contributed by atoms with van der Waals surface area (Å²) in [5.74, 6) is 0.914. The summed E-state index contributed by atoms with van der Waals surface area (Å²) in [4.78, 5) is 4.11. The van der Waals surface area contributed by atoms with Crippen molar-refractivity contribution in [1.82, 2.24) is 4.98 Å². The molecule has 0 aliphatic heterocycles. The molecule has 0 radical (unpaired) electrons. The van der Waals surface area contributed by atoms with Crippen molar-refractivity contribution in [2.75, 3.05) is 0 Å². The molecule has 0 bridgehead atoms. The van der Waals surface area contributed by atoms with Gasteiger partial charge in [0, 0.05) is 18.0 Å². The van der Waals surface area contributed by atoms with Crippen molar-refractivity contribution < 1.29 is 4.42 Å². The third-order valence-electron chi connectivity index (χ3n) is 2.09. The summed E-state index contributed by atoms with van der Waals surface area (Å²) in [6, 6.07) is 3.87. The average Bonchev–Trinajstić information content (AvgIpc) is 2.57. The number of nitrogens with zero attached hydrogens (tertiary/aromatic N) is 1. The molecule has 2 rings (SSSR count). The van der Waals surface area contributed by atoms with E-state index in [-0.39, 0.29) is 0 Å². The number of aromatic nitrogens is 1. The molecule has 13 heavy (non-hydrogen) atoms. The number of furan rings is 1. The third kappa shape index (κ3) is 1.35. The first-order valence-electron chi connectivity index (χ1n) is 4.24. The Kier molecular flexibility index (Phi) is 1.89. The average molecular weight is 173 g/mol. The molecule has 2 aromatic heterocycles. The third-order valence-corrected chi connectivity index (χ3v) is 2.09. The maximum atomic E-state index is 5.35. The van der Waals surface area contributed by atoms with E-state index in [9.17, 15) is 0 Å². The normalized spacial score (nSPS) is 10.3. The van der Waals surface area contributed by atoms with Crippen LogP contribution < -0.4 is 0 Å². The minimum Gasteiger partial charge on any atom is -0.464 e. The van der Waals surface area contributed by atoms with Crippen LogP contribution in [0.25, 0.3) is 11.3 Å². The van der Waals surface area contributed by atoms with Gasteiger partial charge in [0.15, 0.2) is 0 Å². The lowest BCUT2D eigenvalue weighted by Crippen LogP contribution is -1.87. The minimum absolute atomic E-state index is 0.914. The molecule has 2 heterocycles. The Bertz CT molecular complexity index is 384. The Hall–Kier alpha value is -1.57. The van der Waals surface area contributed by atoms with Gasteiger partial charge in [0.2, 0.25) is 0 Å². The Morgan fingerprint density at radius 2 is 1.85 bits per heavy atom. The van der Waals surface area contributed by atoms with Crippen LogP contribution in [-0.4, -0.2) is 4.98 Å². The molecule has 0 aromatic carbocycles. The fraction of sp³-hybridized carbons (Fsp3) is 0.182. The van der Waals surface area contributed by atoms with E-state index in [1.54, 1.807) is 6.26 Å². The number of hydrogen-bond acceptors (Lipinski definition) is 2. The summed E-state index contributed by atoms with van der Waals surface area (Å²) in [6.45, 7) is 4.08. The second-order valence-corrected chi connectivity index (χ2v) is 3.13. The van der Waals surface area contributed by atoms with Gasteiger partial charge in [0.05, 0.1) is 6.26 Å². The summed E-state index contributed by atoms with van der Waals surface area (Å²) in [6.07, 6.45) is 5.39. The summed E-state index contributed by atoms with van der Waals surface area (Å²) in [7, 11) is 0. The summed E-state index contributed by atoms with van der Waals surface area (Å²) >= 11 is 0. The van der Waals surface area contributed by atoms with Crippen LogP contribution in [0.5, 0.6) is 0 Å². The topological polar surface area (TPSA) is 26.0 Å². The second kappa shape index (κ2) is 3.05. The highest BCUT2D eigenvalue weighted by Gasteiger charge is 2.07. The van der Waals surface area contributed by atoms with Gasteiger partial charge in [-0.3, -0.25) is 4.98 Å². The molecule has 0 N–H and O–H groups in total. The van der Waals surface area contributed by atoms with Crippen molar-refractivity contribution in [2.24, 2.45) is 0 Å². The van der Waals surface area contributed by atoms with Crippen molar-refractivity contribution in [3.05, 3.63) is 41.9 Å². The molecule has 0 atom stereocenters. The monoisotopic (exact) mass is 173 g/mol. The largest absolute Gasteiger partial charge is 0.464 e. The van der Waals surface area contributed by atoms with E-state index in [1.165, 1.54) is 0 Å². The zero-order chi connectivity index (χ0) is 9.26. The van der Waals surface area contributed by atoms with Gasteiger partial charge in [-0.2, -0.15) is 0 Å². The van der Waals surface area contributed by atoms with Crippen LogP contribution in [0.15, 0.2) is 35.2 Å². The zero-order valence-electron chi connectivity index (χ0n) is 7.74. The van der Waals surface area contributed by atoms with Gasteiger partial charge in [0.25, 0.3) is 0 Å². The Morgan fingerprint density at radius 3 is 2.38 bits per heavy atom. The fourth-order valence-corrected chi connectivity index (χ4v) is 1.51. The van der Waals surface area contributed by atoms with E-state index in [1.807, 2.05) is 38.4 Å². The van der Waals surface area contributed by atoms with Crippen molar-refractivity contribution >= 4 is 0 Å². The molecule has 2 heteroatoms. The predicted octanol–water partition coefficient (Wildman–Crippen LogP) is 2.96. The van der Waals surface area contributed by atoms with E-state index >= 15 is 0 Å². The van der Waals surface area contributed by atoms with Crippen LogP contribution in [0.2, 0.25) is 0 Å². The summed E-state index contributed by atoms with van der Waals surface area (Å²) < 4.78 is 5.35. The molecule has 2 nitrogen and oxygen atoms in total. The lowest BCUT2D eigenvalue weighted by molar-refractivity contribution is 0.581. The highest BCUT2D eigenvalue weighted by molar-refractivity contribution is 5.64. The van der Waals surface area contributed by atoms with Crippen LogP contribution in [0.3, 0.4) is 0 Å². The van der Waals surface area contributed by atoms with Gasteiger partial charge in [0.1, 0.15) is 5.76 Å². The first kappa shape index (κ1) is 8.05. The lowest BCUT2D eigenvalue weighted by atomic mass is 10.0. The van der Waals surface area contributed by atoms with Gasteiger partial charge in [-0.15, -0.1) is 0 Å². The van der Waals surface area contributed by atoms with Crippen molar-refractivity contribution in [2.45, 2.75) is 13.8 Å². The van der Waals surface area contributed by atoms with Crippen LogP contribution >= 0.6 is 0 Å². The standard InChI is InChI=1S/C11H11NO/c1-8-6-12-7-9(2)11(8)10-4-3-5-13-10/h3-7H,1-2H3. The van der Waals surface area contributed by atoms with Crippen molar-refractivity contribution in [3.8, 4) is 11.3 Å². The predicted molar refractivity (Wildman–Crippen MR) is 51.4 cm³/mol. The quantitative estimate of drug-likeness (QED) is 0.662. The van der Waals surface area contributed by atoms with Gasteiger partial charge in [-0.25, -0.2) is 0 Å². The van der Waals surface area contributed by atoms with Crippen LogP contribution in [-0.2, 0) is 0 Å². The maximum Gasteiger partial charge on any atom is 0.134 e. The Balaban J connectivity index is 2.64. The first-order valence-corrected chi connectivity index (χ1v) is 4.24.